The number of aryl methyl sites for hydroxylation is 1. The van der Waals surface area contributed by atoms with Crippen LogP contribution in [-0.4, -0.2) is 19.2 Å². The maximum atomic E-state index is 5.90. The molecular formula is C15H16ClNO3. The zero-order valence-electron chi connectivity index (χ0n) is 11.6. The van der Waals surface area contributed by atoms with E-state index in [4.69, 9.17) is 25.8 Å². The van der Waals surface area contributed by atoms with Crippen LogP contribution in [0.4, 0.5) is 0 Å². The number of benzene rings is 1. The third-order valence-corrected chi connectivity index (χ3v) is 3.07. The normalized spacial score (nSPS) is 10.2. The Morgan fingerprint density at radius 2 is 1.60 bits per heavy atom. The first-order valence-electron chi connectivity index (χ1n) is 6.08. The van der Waals surface area contributed by atoms with Crippen LogP contribution in [0.25, 0.3) is 0 Å². The van der Waals surface area contributed by atoms with Gasteiger partial charge in [-0.15, -0.1) is 11.6 Å². The highest BCUT2D eigenvalue weighted by Crippen LogP contribution is 2.32. The first kappa shape index (κ1) is 14.5. The smallest absolute Gasteiger partial charge is 0.135 e. The SMILES string of the molecule is COc1cc(OC)cc(Oc2cc(C)ncc2CCl)c1. The first-order valence-corrected chi connectivity index (χ1v) is 6.62. The maximum absolute atomic E-state index is 5.90. The fourth-order valence-corrected chi connectivity index (χ4v) is 1.93. The predicted octanol–water partition coefficient (Wildman–Crippen LogP) is 3.94. The van der Waals surface area contributed by atoms with Gasteiger partial charge in [0.05, 0.1) is 20.1 Å². The van der Waals surface area contributed by atoms with E-state index in [0.717, 1.165) is 11.3 Å². The van der Waals surface area contributed by atoms with Gasteiger partial charge in [0, 0.05) is 41.7 Å². The minimum absolute atomic E-state index is 0.337. The molecule has 1 heterocycles. The van der Waals surface area contributed by atoms with Gasteiger partial charge in [0.2, 0.25) is 0 Å². The molecule has 0 aliphatic rings. The van der Waals surface area contributed by atoms with Crippen LogP contribution in [0.15, 0.2) is 30.5 Å². The molecule has 0 N–H and O–H groups in total. The molecule has 0 fully saturated rings. The Hall–Kier alpha value is -1.94. The topological polar surface area (TPSA) is 40.6 Å². The molecule has 2 rings (SSSR count). The summed E-state index contributed by atoms with van der Waals surface area (Å²) in [6.07, 6.45) is 1.72. The lowest BCUT2D eigenvalue weighted by molar-refractivity contribution is 0.386. The summed E-state index contributed by atoms with van der Waals surface area (Å²) < 4.78 is 16.3. The van der Waals surface area contributed by atoms with Crippen molar-refractivity contribution in [2.24, 2.45) is 0 Å². The number of pyridine rings is 1. The monoisotopic (exact) mass is 293 g/mol. The highest BCUT2D eigenvalue weighted by Gasteiger charge is 2.08. The molecule has 4 nitrogen and oxygen atoms in total. The van der Waals surface area contributed by atoms with Crippen LogP contribution in [0.1, 0.15) is 11.3 Å². The first-order chi connectivity index (χ1) is 9.66. The molecule has 5 heteroatoms. The Morgan fingerprint density at radius 1 is 1.00 bits per heavy atom. The van der Waals surface area contributed by atoms with Gasteiger partial charge in [-0.2, -0.15) is 0 Å². The number of nitrogens with zero attached hydrogens (tertiary/aromatic N) is 1. The summed E-state index contributed by atoms with van der Waals surface area (Å²) >= 11 is 5.90. The van der Waals surface area contributed by atoms with Gasteiger partial charge < -0.3 is 14.2 Å². The summed E-state index contributed by atoms with van der Waals surface area (Å²) in [5.41, 5.74) is 1.70. The Morgan fingerprint density at radius 3 is 2.15 bits per heavy atom. The van der Waals surface area contributed by atoms with Gasteiger partial charge >= 0.3 is 0 Å². The number of halogens is 1. The van der Waals surface area contributed by atoms with Gasteiger partial charge in [-0.25, -0.2) is 0 Å². The van der Waals surface area contributed by atoms with Crippen molar-refractivity contribution < 1.29 is 14.2 Å². The second-order valence-corrected chi connectivity index (χ2v) is 4.48. The standard InChI is InChI=1S/C15H16ClNO3/c1-10-4-15(11(8-16)9-17-10)20-14-6-12(18-2)5-13(7-14)19-3/h4-7,9H,8H2,1-3H3. The molecule has 20 heavy (non-hydrogen) atoms. The van der Waals surface area contributed by atoms with E-state index < -0.39 is 0 Å². The van der Waals surface area contributed by atoms with Crippen LogP contribution >= 0.6 is 11.6 Å². The molecule has 0 radical (unpaired) electrons. The summed E-state index contributed by atoms with van der Waals surface area (Å²) in [6, 6.07) is 7.21. The highest BCUT2D eigenvalue weighted by molar-refractivity contribution is 6.17. The van der Waals surface area contributed by atoms with Crippen molar-refractivity contribution in [2.45, 2.75) is 12.8 Å². The Balaban J connectivity index is 2.36. The molecular weight excluding hydrogens is 278 g/mol. The summed E-state index contributed by atoms with van der Waals surface area (Å²) in [7, 11) is 3.19. The van der Waals surface area contributed by atoms with E-state index in [0.29, 0.717) is 28.9 Å². The average molecular weight is 294 g/mol. The second kappa shape index (κ2) is 6.48. The minimum Gasteiger partial charge on any atom is -0.496 e. The van der Waals surface area contributed by atoms with Crippen LogP contribution in [0.5, 0.6) is 23.0 Å². The van der Waals surface area contributed by atoms with Crippen molar-refractivity contribution in [3.05, 3.63) is 41.7 Å². The van der Waals surface area contributed by atoms with Crippen LogP contribution in [-0.2, 0) is 5.88 Å². The lowest BCUT2D eigenvalue weighted by atomic mass is 10.2. The number of hydrogen-bond donors (Lipinski definition) is 0. The number of hydrogen-bond acceptors (Lipinski definition) is 4. The highest BCUT2D eigenvalue weighted by atomic mass is 35.5. The second-order valence-electron chi connectivity index (χ2n) is 4.22. The molecule has 0 spiro atoms. The molecule has 0 bridgehead atoms. The molecule has 0 unspecified atom stereocenters. The molecule has 2 aromatic rings. The van der Waals surface area contributed by atoms with Gasteiger partial charge in [-0.05, 0) is 6.92 Å². The Bertz CT molecular complexity index is 579. The zero-order valence-corrected chi connectivity index (χ0v) is 12.4. The largest absolute Gasteiger partial charge is 0.496 e. The van der Waals surface area contributed by atoms with Crippen molar-refractivity contribution in [1.82, 2.24) is 4.98 Å². The van der Waals surface area contributed by atoms with Gasteiger partial charge in [0.25, 0.3) is 0 Å². The summed E-state index contributed by atoms with van der Waals surface area (Å²) in [5.74, 6) is 2.97. The van der Waals surface area contributed by atoms with E-state index >= 15 is 0 Å². The Kier molecular flexibility index (Phi) is 4.69. The molecule has 0 atom stereocenters. The van der Waals surface area contributed by atoms with Crippen molar-refractivity contribution in [3.63, 3.8) is 0 Å². The molecule has 1 aromatic heterocycles. The van der Waals surface area contributed by atoms with E-state index in [-0.39, 0.29) is 0 Å². The van der Waals surface area contributed by atoms with E-state index in [2.05, 4.69) is 4.98 Å². The third-order valence-electron chi connectivity index (χ3n) is 2.78. The zero-order chi connectivity index (χ0) is 14.5. The van der Waals surface area contributed by atoms with Gasteiger partial charge in [-0.3, -0.25) is 4.98 Å². The van der Waals surface area contributed by atoms with Crippen LogP contribution in [0.3, 0.4) is 0 Å². The van der Waals surface area contributed by atoms with Crippen molar-refractivity contribution in [2.75, 3.05) is 14.2 Å². The minimum atomic E-state index is 0.337. The molecule has 1 aromatic carbocycles. The molecule has 0 saturated heterocycles. The molecule has 0 saturated carbocycles. The third kappa shape index (κ3) is 3.33. The van der Waals surface area contributed by atoms with Gasteiger partial charge in [0.15, 0.2) is 0 Å². The van der Waals surface area contributed by atoms with Gasteiger partial charge in [-0.1, -0.05) is 0 Å². The van der Waals surface area contributed by atoms with E-state index in [9.17, 15) is 0 Å². The Labute approximate surface area is 123 Å². The van der Waals surface area contributed by atoms with E-state index in [1.165, 1.54) is 0 Å². The number of methoxy groups -OCH3 is 2. The summed E-state index contributed by atoms with van der Waals surface area (Å²) in [4.78, 5) is 4.21. The average Bonchev–Trinajstić information content (AvgIpc) is 2.47. The lowest BCUT2D eigenvalue weighted by Gasteiger charge is -2.12. The summed E-state index contributed by atoms with van der Waals surface area (Å²) in [5, 5.41) is 0. The molecule has 0 aliphatic carbocycles. The van der Waals surface area contributed by atoms with Crippen LogP contribution in [0, 0.1) is 6.92 Å². The fraction of sp³-hybridized carbons (Fsp3) is 0.267. The number of ether oxygens (including phenoxy) is 3. The van der Waals surface area contributed by atoms with Gasteiger partial charge in [0.1, 0.15) is 23.0 Å². The predicted molar refractivity (Wildman–Crippen MR) is 78.2 cm³/mol. The lowest BCUT2D eigenvalue weighted by Crippen LogP contribution is -1.94. The van der Waals surface area contributed by atoms with E-state index in [1.54, 1.807) is 38.6 Å². The van der Waals surface area contributed by atoms with Crippen molar-refractivity contribution >= 4 is 11.6 Å². The fourth-order valence-electron chi connectivity index (χ4n) is 1.73. The van der Waals surface area contributed by atoms with Crippen molar-refractivity contribution in [1.29, 1.82) is 0 Å². The maximum Gasteiger partial charge on any atom is 0.135 e. The number of alkyl halides is 1. The van der Waals surface area contributed by atoms with Crippen LogP contribution < -0.4 is 14.2 Å². The molecule has 106 valence electrons. The number of aromatic nitrogens is 1. The quantitative estimate of drug-likeness (QED) is 0.783. The summed E-state index contributed by atoms with van der Waals surface area (Å²) in [6.45, 7) is 1.90. The van der Waals surface area contributed by atoms with Crippen molar-refractivity contribution in [3.8, 4) is 23.0 Å². The van der Waals surface area contributed by atoms with E-state index in [1.807, 2.05) is 13.0 Å². The number of rotatable bonds is 5. The molecule has 0 amide bonds. The van der Waals surface area contributed by atoms with Crippen LogP contribution in [0.2, 0.25) is 0 Å². The molecule has 0 aliphatic heterocycles.